The van der Waals surface area contributed by atoms with Crippen molar-refractivity contribution in [1.29, 1.82) is 0 Å². The summed E-state index contributed by atoms with van der Waals surface area (Å²) in [6, 6.07) is 10.8. The summed E-state index contributed by atoms with van der Waals surface area (Å²) in [5, 5.41) is 0.410. The second-order valence-corrected chi connectivity index (χ2v) is 7.64. The van der Waals surface area contributed by atoms with Gasteiger partial charge in [0.15, 0.2) is 4.80 Å². The minimum Gasteiger partial charge on any atom is -0.496 e. The molecule has 3 aromatic rings. The zero-order chi connectivity index (χ0) is 21.0. The van der Waals surface area contributed by atoms with Crippen molar-refractivity contribution in [3.8, 4) is 5.75 Å². The van der Waals surface area contributed by atoms with Gasteiger partial charge < -0.3 is 14.0 Å². The maximum absolute atomic E-state index is 12.9. The fourth-order valence-corrected chi connectivity index (χ4v) is 4.17. The Morgan fingerprint density at radius 1 is 1.17 bits per heavy atom. The molecule has 0 N–H and O–H groups in total. The zero-order valence-electron chi connectivity index (χ0n) is 16.4. The first kappa shape index (κ1) is 21.1. The molecule has 1 amide bonds. The van der Waals surface area contributed by atoms with Crippen LogP contribution in [-0.4, -0.2) is 30.2 Å². The molecule has 0 spiro atoms. The number of nitrogens with zero attached hydrogens (tertiary/aromatic N) is 2. The number of methoxy groups -OCH3 is 1. The number of benzene rings is 2. The van der Waals surface area contributed by atoms with E-state index in [-0.39, 0.29) is 24.7 Å². The molecule has 152 valence electrons. The molecule has 0 saturated heterocycles. The van der Waals surface area contributed by atoms with E-state index in [0.717, 1.165) is 22.2 Å². The van der Waals surface area contributed by atoms with Gasteiger partial charge in [-0.2, -0.15) is 4.99 Å². The smallest absolute Gasteiger partial charge is 0.326 e. The molecule has 0 aliphatic heterocycles. The van der Waals surface area contributed by atoms with E-state index in [0.29, 0.717) is 15.6 Å². The van der Waals surface area contributed by atoms with Crippen molar-refractivity contribution in [2.24, 2.45) is 4.99 Å². The van der Waals surface area contributed by atoms with Gasteiger partial charge in [0.05, 0.1) is 29.5 Å². The van der Waals surface area contributed by atoms with Gasteiger partial charge in [-0.1, -0.05) is 35.9 Å². The van der Waals surface area contributed by atoms with Crippen molar-refractivity contribution in [3.05, 3.63) is 57.3 Å². The Hall–Kier alpha value is -2.64. The van der Waals surface area contributed by atoms with Crippen LogP contribution in [0.25, 0.3) is 10.2 Å². The Morgan fingerprint density at radius 2 is 1.97 bits per heavy atom. The molecule has 0 aliphatic carbocycles. The highest BCUT2D eigenvalue weighted by Crippen LogP contribution is 2.24. The lowest BCUT2D eigenvalue weighted by molar-refractivity contribution is -0.143. The number of fused-ring (bicyclic) bond motifs is 1. The van der Waals surface area contributed by atoms with Crippen molar-refractivity contribution < 1.29 is 19.1 Å². The van der Waals surface area contributed by atoms with Crippen molar-refractivity contribution >= 4 is 45.0 Å². The zero-order valence-corrected chi connectivity index (χ0v) is 18.0. The Labute approximate surface area is 177 Å². The van der Waals surface area contributed by atoms with Crippen LogP contribution < -0.4 is 9.54 Å². The van der Waals surface area contributed by atoms with Gasteiger partial charge in [0.25, 0.3) is 5.91 Å². The van der Waals surface area contributed by atoms with Gasteiger partial charge in [0.2, 0.25) is 0 Å². The summed E-state index contributed by atoms with van der Waals surface area (Å²) in [7, 11) is 1.48. The van der Waals surface area contributed by atoms with E-state index in [1.165, 1.54) is 24.5 Å². The number of carbonyl (C=O) groups excluding carboxylic acids is 2. The molecule has 29 heavy (non-hydrogen) atoms. The Morgan fingerprint density at radius 3 is 2.66 bits per heavy atom. The van der Waals surface area contributed by atoms with Gasteiger partial charge in [0, 0.05) is 5.02 Å². The number of hydrogen-bond acceptors (Lipinski definition) is 5. The summed E-state index contributed by atoms with van der Waals surface area (Å²) >= 11 is 7.39. The Balaban J connectivity index is 2.15. The van der Waals surface area contributed by atoms with E-state index in [9.17, 15) is 9.59 Å². The third-order valence-electron chi connectivity index (χ3n) is 4.34. The van der Waals surface area contributed by atoms with Crippen molar-refractivity contribution in [2.45, 2.75) is 26.8 Å². The summed E-state index contributed by atoms with van der Waals surface area (Å²) in [5.41, 5.74) is 2.25. The standard InChI is InChI=1S/C21H21ClN2O4S/c1-4-13-6-8-16-18(10-13)29-21(24(16)12-19(25)28-5-2)23-20(26)15-11-14(22)7-9-17(15)27-3/h6-11H,4-5,12H2,1-3H3. The molecule has 0 fully saturated rings. The van der Waals surface area contributed by atoms with E-state index in [4.69, 9.17) is 21.1 Å². The number of esters is 1. The molecule has 0 unspecified atom stereocenters. The number of carbonyl (C=O) groups is 2. The SMILES string of the molecule is CCOC(=O)Cn1c(=NC(=O)c2cc(Cl)ccc2OC)sc2cc(CC)ccc21. The summed E-state index contributed by atoms with van der Waals surface area (Å²) in [6.07, 6.45) is 0.886. The van der Waals surface area contributed by atoms with Gasteiger partial charge in [-0.25, -0.2) is 0 Å². The third-order valence-corrected chi connectivity index (χ3v) is 5.61. The van der Waals surface area contributed by atoms with Crippen LogP contribution in [0.5, 0.6) is 5.75 Å². The van der Waals surface area contributed by atoms with E-state index < -0.39 is 5.91 Å². The van der Waals surface area contributed by atoms with Gasteiger partial charge in [0.1, 0.15) is 12.3 Å². The second kappa shape index (κ2) is 9.24. The minimum absolute atomic E-state index is 0.0297. The van der Waals surface area contributed by atoms with E-state index >= 15 is 0 Å². The number of hydrogen-bond donors (Lipinski definition) is 0. The van der Waals surface area contributed by atoms with Crippen LogP contribution in [0.4, 0.5) is 0 Å². The van der Waals surface area contributed by atoms with Gasteiger partial charge in [-0.15, -0.1) is 0 Å². The van der Waals surface area contributed by atoms with Crippen molar-refractivity contribution in [3.63, 3.8) is 0 Å². The lowest BCUT2D eigenvalue weighted by atomic mass is 10.2. The lowest BCUT2D eigenvalue weighted by Crippen LogP contribution is -2.23. The predicted molar refractivity (Wildman–Crippen MR) is 114 cm³/mol. The maximum Gasteiger partial charge on any atom is 0.326 e. The number of halogens is 1. The van der Waals surface area contributed by atoms with E-state index in [1.54, 1.807) is 23.6 Å². The molecular formula is C21H21ClN2O4S. The average Bonchev–Trinajstić information content (AvgIpc) is 3.04. The number of aryl methyl sites for hydroxylation is 1. The molecule has 2 aromatic carbocycles. The van der Waals surface area contributed by atoms with E-state index in [2.05, 4.69) is 11.9 Å². The fraction of sp³-hybridized carbons (Fsp3) is 0.286. The molecule has 6 nitrogen and oxygen atoms in total. The monoisotopic (exact) mass is 432 g/mol. The first-order valence-electron chi connectivity index (χ1n) is 9.17. The van der Waals surface area contributed by atoms with Crippen LogP contribution in [0, 0.1) is 0 Å². The third kappa shape index (κ3) is 4.68. The van der Waals surface area contributed by atoms with Crippen molar-refractivity contribution in [1.82, 2.24) is 4.57 Å². The van der Waals surface area contributed by atoms with Gasteiger partial charge in [-0.05, 0) is 49.2 Å². The van der Waals surface area contributed by atoms with Gasteiger partial charge >= 0.3 is 5.97 Å². The molecule has 8 heteroatoms. The first-order valence-corrected chi connectivity index (χ1v) is 10.4. The molecule has 3 rings (SSSR count). The minimum atomic E-state index is -0.496. The molecule has 1 heterocycles. The molecular weight excluding hydrogens is 412 g/mol. The van der Waals surface area contributed by atoms with Gasteiger partial charge in [-0.3, -0.25) is 9.59 Å². The molecule has 0 atom stereocenters. The van der Waals surface area contributed by atoms with Crippen LogP contribution in [0.2, 0.25) is 5.02 Å². The number of thiazole rings is 1. The molecule has 0 saturated carbocycles. The maximum atomic E-state index is 12.9. The van der Waals surface area contributed by atoms with Crippen LogP contribution >= 0.6 is 22.9 Å². The normalized spacial score (nSPS) is 11.7. The number of amides is 1. The Bertz CT molecular complexity index is 1130. The molecule has 1 aromatic heterocycles. The number of ether oxygens (including phenoxy) is 2. The van der Waals surface area contributed by atoms with Crippen LogP contribution in [0.15, 0.2) is 41.4 Å². The highest BCUT2D eigenvalue weighted by atomic mass is 35.5. The number of rotatable bonds is 6. The summed E-state index contributed by atoms with van der Waals surface area (Å²) < 4.78 is 13.0. The van der Waals surface area contributed by atoms with Crippen LogP contribution in [-0.2, 0) is 22.5 Å². The molecule has 0 aliphatic rings. The average molecular weight is 433 g/mol. The highest BCUT2D eigenvalue weighted by molar-refractivity contribution is 7.16. The topological polar surface area (TPSA) is 69.9 Å². The molecule has 0 radical (unpaired) electrons. The molecule has 0 bridgehead atoms. The van der Waals surface area contributed by atoms with E-state index in [1.807, 2.05) is 18.2 Å². The summed E-state index contributed by atoms with van der Waals surface area (Å²) in [6.45, 7) is 4.08. The number of aromatic nitrogens is 1. The van der Waals surface area contributed by atoms with Crippen molar-refractivity contribution in [2.75, 3.05) is 13.7 Å². The Kier molecular flexibility index (Phi) is 6.71. The highest BCUT2D eigenvalue weighted by Gasteiger charge is 2.16. The fourth-order valence-electron chi connectivity index (χ4n) is 2.91. The van der Waals surface area contributed by atoms with Crippen LogP contribution in [0.3, 0.4) is 0 Å². The lowest BCUT2D eigenvalue weighted by Gasteiger charge is -2.07. The first-order chi connectivity index (χ1) is 14.0. The second-order valence-electron chi connectivity index (χ2n) is 6.19. The quantitative estimate of drug-likeness (QED) is 0.546. The summed E-state index contributed by atoms with van der Waals surface area (Å²) in [5.74, 6) is -0.500. The summed E-state index contributed by atoms with van der Waals surface area (Å²) in [4.78, 5) is 29.7. The predicted octanol–water partition coefficient (Wildman–Crippen LogP) is 4.23. The largest absolute Gasteiger partial charge is 0.496 e. The van der Waals surface area contributed by atoms with Crippen LogP contribution in [0.1, 0.15) is 29.8 Å².